The predicted molar refractivity (Wildman–Crippen MR) is 284 cm³/mol. The van der Waals surface area contributed by atoms with Gasteiger partial charge in [0.2, 0.25) is 0 Å². The van der Waals surface area contributed by atoms with E-state index < -0.39 is 13.9 Å². The first kappa shape index (κ1) is 65.0. The summed E-state index contributed by atoms with van der Waals surface area (Å²) in [6.07, 6.45) is 61.0. The quantitative estimate of drug-likeness (QED) is 0.0213. The molecule has 0 rings (SSSR count). The molecule has 9 heteroatoms. The Bertz CT molecular complexity index is 1110. The van der Waals surface area contributed by atoms with Gasteiger partial charge >= 0.3 is 13.8 Å². The van der Waals surface area contributed by atoms with Crippen LogP contribution in [0.1, 0.15) is 277 Å². The van der Waals surface area contributed by atoms with Crippen LogP contribution in [0.4, 0.5) is 0 Å². The van der Waals surface area contributed by atoms with Gasteiger partial charge < -0.3 is 18.9 Å². The van der Waals surface area contributed by atoms with E-state index in [0.29, 0.717) is 24.1 Å². The van der Waals surface area contributed by atoms with E-state index in [4.69, 9.17) is 18.5 Å². The summed E-state index contributed by atoms with van der Waals surface area (Å²) in [5.41, 5.74) is 0. The van der Waals surface area contributed by atoms with Crippen molar-refractivity contribution >= 4 is 13.8 Å². The Morgan fingerprint density at radius 3 is 1.26 bits per heavy atom. The first-order chi connectivity index (χ1) is 32.1. The molecule has 0 aromatic carbocycles. The molecule has 0 aromatic rings. The van der Waals surface area contributed by atoms with E-state index in [0.717, 1.165) is 38.5 Å². The van der Waals surface area contributed by atoms with Crippen LogP contribution in [0.25, 0.3) is 0 Å². The molecule has 0 aliphatic rings. The Morgan fingerprint density at radius 1 is 0.470 bits per heavy atom. The van der Waals surface area contributed by atoms with E-state index in [-0.39, 0.29) is 25.8 Å². The monoisotopic (exact) mass is 955 g/mol. The Morgan fingerprint density at radius 2 is 0.833 bits per heavy atom. The largest absolute Gasteiger partial charge is 0.472 e. The third-order valence-corrected chi connectivity index (χ3v) is 13.7. The lowest BCUT2D eigenvalue weighted by molar-refractivity contribution is -0.870. The molecule has 0 heterocycles. The topological polar surface area (TPSA) is 91.3 Å². The van der Waals surface area contributed by atoms with Crippen LogP contribution in [0.5, 0.6) is 0 Å². The van der Waals surface area contributed by atoms with Crippen LogP contribution in [0.3, 0.4) is 0 Å². The van der Waals surface area contributed by atoms with E-state index in [1.165, 1.54) is 218 Å². The van der Waals surface area contributed by atoms with Gasteiger partial charge in [0.05, 0.1) is 34.4 Å². The summed E-state index contributed by atoms with van der Waals surface area (Å²) in [5, 5.41) is 0. The second-order valence-corrected chi connectivity index (χ2v) is 22.1. The number of allylic oxidation sites excluding steroid dienone is 4. The maximum Gasteiger partial charge on any atom is 0.472 e. The number of hydrogen-bond donors (Lipinski definition) is 1. The van der Waals surface area contributed by atoms with Crippen LogP contribution in [0.15, 0.2) is 24.3 Å². The number of unbranched alkanes of at least 4 members (excludes halogenated alkanes) is 36. The Kier molecular flexibility index (Phi) is 49.6. The minimum absolute atomic E-state index is 0.0903. The summed E-state index contributed by atoms with van der Waals surface area (Å²) in [6.45, 7) is 5.66. The van der Waals surface area contributed by atoms with E-state index in [2.05, 4.69) is 38.2 Å². The second kappa shape index (κ2) is 50.4. The number of likely N-dealkylation sites (N-methyl/N-ethyl adjacent to an activating group) is 1. The number of phosphoric ester groups is 1. The Labute approximate surface area is 411 Å². The fourth-order valence-electron chi connectivity index (χ4n) is 8.35. The van der Waals surface area contributed by atoms with Gasteiger partial charge in [0, 0.05) is 13.0 Å². The highest BCUT2D eigenvalue weighted by Gasteiger charge is 2.26. The molecule has 0 fully saturated rings. The molecule has 0 aliphatic carbocycles. The van der Waals surface area contributed by atoms with Crippen LogP contribution in [0, 0.1) is 0 Å². The lowest BCUT2D eigenvalue weighted by Crippen LogP contribution is -2.37. The zero-order valence-corrected chi connectivity index (χ0v) is 45.6. The summed E-state index contributed by atoms with van der Waals surface area (Å²) in [4.78, 5) is 23.1. The van der Waals surface area contributed by atoms with Gasteiger partial charge in [-0.2, -0.15) is 0 Å². The second-order valence-electron chi connectivity index (χ2n) is 20.7. The molecular weight excluding hydrogens is 842 g/mol. The molecule has 0 aliphatic heterocycles. The zero-order valence-electron chi connectivity index (χ0n) is 44.7. The molecule has 8 nitrogen and oxygen atoms in total. The number of rotatable bonds is 54. The van der Waals surface area contributed by atoms with Gasteiger partial charge in [-0.1, -0.05) is 250 Å². The number of quaternary nitrogens is 1. The van der Waals surface area contributed by atoms with Crippen molar-refractivity contribution in [1.29, 1.82) is 0 Å². The van der Waals surface area contributed by atoms with Gasteiger partial charge in [-0.05, 0) is 44.9 Å². The number of hydrogen-bond acceptors (Lipinski definition) is 6. The molecule has 0 aromatic heterocycles. The summed E-state index contributed by atoms with van der Waals surface area (Å²) >= 11 is 0. The smallest absolute Gasteiger partial charge is 0.457 e. The Balaban J connectivity index is 4.02. The van der Waals surface area contributed by atoms with Gasteiger partial charge in [0.15, 0.2) is 0 Å². The average Bonchev–Trinajstić information content (AvgIpc) is 3.28. The molecular formula is C57H113NO7P+. The van der Waals surface area contributed by atoms with Crippen LogP contribution in [-0.2, 0) is 27.9 Å². The highest BCUT2D eigenvalue weighted by atomic mass is 31.2. The average molecular weight is 956 g/mol. The SMILES string of the molecule is CCCCC/C=C\C/C=C\CCCCCCCCCCCC(=O)OC(COCCCCCCCCCCCCCCCCCCCCCCCCCCC)COP(=O)(O)OCC[N+](C)(C)C. The third kappa shape index (κ3) is 53.9. The number of carbonyl (C=O) groups excluding carboxylic acids is 1. The van der Waals surface area contributed by atoms with E-state index >= 15 is 0 Å². The number of ether oxygens (including phenoxy) is 2. The van der Waals surface area contributed by atoms with Gasteiger partial charge in [-0.25, -0.2) is 4.57 Å². The van der Waals surface area contributed by atoms with Gasteiger partial charge in [-0.15, -0.1) is 0 Å². The number of phosphoric acid groups is 1. The van der Waals surface area contributed by atoms with Crippen molar-refractivity contribution in [1.82, 2.24) is 0 Å². The van der Waals surface area contributed by atoms with Crippen molar-refractivity contribution in [3.05, 3.63) is 24.3 Å². The van der Waals surface area contributed by atoms with Crippen LogP contribution >= 0.6 is 7.82 Å². The van der Waals surface area contributed by atoms with Crippen LogP contribution in [-0.4, -0.2) is 75.6 Å². The lowest BCUT2D eigenvalue weighted by atomic mass is 10.0. The van der Waals surface area contributed by atoms with Crippen molar-refractivity contribution in [3.63, 3.8) is 0 Å². The molecule has 0 radical (unpaired) electrons. The molecule has 1 N–H and O–H groups in total. The number of nitrogens with zero attached hydrogens (tertiary/aromatic N) is 1. The molecule has 0 saturated carbocycles. The van der Waals surface area contributed by atoms with Crippen LogP contribution in [0.2, 0.25) is 0 Å². The van der Waals surface area contributed by atoms with E-state index in [9.17, 15) is 14.3 Å². The molecule has 0 spiro atoms. The number of carbonyl (C=O) groups is 1. The summed E-state index contributed by atoms with van der Waals surface area (Å²) < 4.78 is 35.3. The van der Waals surface area contributed by atoms with E-state index in [1.54, 1.807) is 0 Å². The van der Waals surface area contributed by atoms with Crippen molar-refractivity contribution < 1.29 is 37.3 Å². The Hall–Kier alpha value is -1.02. The summed E-state index contributed by atoms with van der Waals surface area (Å²) in [5.74, 6) is -0.312. The normalized spacial score (nSPS) is 13.6. The highest BCUT2D eigenvalue weighted by Crippen LogP contribution is 2.43. The fourth-order valence-corrected chi connectivity index (χ4v) is 9.09. The minimum Gasteiger partial charge on any atom is -0.457 e. The van der Waals surface area contributed by atoms with Crippen LogP contribution < -0.4 is 0 Å². The maximum absolute atomic E-state index is 12.8. The van der Waals surface area contributed by atoms with Gasteiger partial charge in [-0.3, -0.25) is 13.8 Å². The molecule has 392 valence electrons. The van der Waals surface area contributed by atoms with Crippen molar-refractivity contribution in [2.75, 3.05) is 54.1 Å². The first-order valence-corrected chi connectivity index (χ1v) is 30.1. The highest BCUT2D eigenvalue weighted by molar-refractivity contribution is 7.47. The van der Waals surface area contributed by atoms with E-state index in [1.807, 2.05) is 21.1 Å². The molecule has 0 saturated heterocycles. The summed E-state index contributed by atoms with van der Waals surface area (Å²) in [7, 11) is 1.68. The first-order valence-electron chi connectivity index (χ1n) is 28.6. The fraction of sp³-hybridized carbons (Fsp3) is 0.912. The van der Waals surface area contributed by atoms with Crippen molar-refractivity contribution in [3.8, 4) is 0 Å². The lowest BCUT2D eigenvalue weighted by Gasteiger charge is -2.24. The molecule has 2 unspecified atom stereocenters. The molecule has 0 amide bonds. The third-order valence-electron chi connectivity index (χ3n) is 12.8. The molecule has 66 heavy (non-hydrogen) atoms. The molecule has 0 bridgehead atoms. The van der Waals surface area contributed by atoms with Crippen molar-refractivity contribution in [2.24, 2.45) is 0 Å². The number of esters is 1. The molecule has 2 atom stereocenters. The standard InChI is InChI=1S/C57H112NO7P/c1-6-8-10-12-14-16-18-20-22-24-26-27-28-29-30-31-33-35-37-39-41-43-45-47-49-52-62-54-56(55-64-66(60,61)63-53-51-58(3,4)5)65-57(59)50-48-46-44-42-40-38-36-34-32-25-23-21-19-17-15-13-11-9-7-2/h15,17,21,23,56H,6-14,16,18-20,22,24-55H2,1-5H3/p+1/b17-15-,23-21-. The van der Waals surface area contributed by atoms with Gasteiger partial charge in [0.1, 0.15) is 19.3 Å². The van der Waals surface area contributed by atoms with Gasteiger partial charge in [0.25, 0.3) is 0 Å². The maximum atomic E-state index is 12.8. The minimum atomic E-state index is -4.28. The summed E-state index contributed by atoms with van der Waals surface area (Å²) in [6, 6.07) is 0. The predicted octanol–water partition coefficient (Wildman–Crippen LogP) is 17.9. The van der Waals surface area contributed by atoms with Crippen molar-refractivity contribution in [2.45, 2.75) is 283 Å². The zero-order chi connectivity index (χ0) is 48.3.